The van der Waals surface area contributed by atoms with E-state index in [1.165, 1.54) is 6.33 Å². The van der Waals surface area contributed by atoms with Crippen LogP contribution in [0.2, 0.25) is 0 Å². The summed E-state index contributed by atoms with van der Waals surface area (Å²) in [4.78, 5) is 44.0. The van der Waals surface area contributed by atoms with Crippen molar-refractivity contribution in [3.8, 4) is 5.75 Å². The van der Waals surface area contributed by atoms with Crippen LogP contribution in [0.1, 0.15) is 26.3 Å². The van der Waals surface area contributed by atoms with Gasteiger partial charge in [0.2, 0.25) is 0 Å². The molecule has 0 atom stereocenters. The maximum Gasteiger partial charge on any atom is 0.255 e. The zero-order chi connectivity index (χ0) is 32.0. The van der Waals surface area contributed by atoms with Gasteiger partial charge in [-0.15, -0.1) is 0 Å². The first-order chi connectivity index (χ1) is 22.4. The first-order valence-electron chi connectivity index (χ1n) is 15.1. The van der Waals surface area contributed by atoms with Crippen molar-refractivity contribution in [3.05, 3.63) is 96.1 Å². The molecule has 1 amide bonds. The van der Waals surface area contributed by atoms with Crippen molar-refractivity contribution < 1.29 is 19.4 Å². The van der Waals surface area contributed by atoms with E-state index in [2.05, 4.69) is 35.4 Å². The maximum atomic E-state index is 13.2. The molecule has 12 heteroatoms. The van der Waals surface area contributed by atoms with Gasteiger partial charge < -0.3 is 29.9 Å². The van der Waals surface area contributed by atoms with Gasteiger partial charge in [-0.2, -0.15) is 0 Å². The van der Waals surface area contributed by atoms with Crippen molar-refractivity contribution >= 4 is 45.7 Å². The molecule has 6 rings (SSSR count). The number of rotatable bonds is 11. The lowest BCUT2D eigenvalue weighted by atomic mass is 10.1. The van der Waals surface area contributed by atoms with Gasteiger partial charge in [0.05, 0.1) is 26.6 Å². The Morgan fingerprint density at radius 3 is 2.37 bits per heavy atom. The van der Waals surface area contributed by atoms with Crippen molar-refractivity contribution in [1.29, 1.82) is 0 Å². The van der Waals surface area contributed by atoms with E-state index in [9.17, 15) is 14.7 Å². The molecule has 12 nitrogen and oxygen atoms in total. The number of carbonyl (C=O) groups is 2. The largest absolute Gasteiger partial charge is 0.497 e. The third-order valence-electron chi connectivity index (χ3n) is 8.16. The quantitative estimate of drug-likeness (QED) is 0.185. The summed E-state index contributed by atoms with van der Waals surface area (Å²) in [6.45, 7) is 6.50. The number of amides is 1. The first kappa shape index (κ1) is 30.7. The molecule has 3 heterocycles. The molecule has 1 aliphatic heterocycles. The molecular weight excluding hydrogens is 584 g/mol. The van der Waals surface area contributed by atoms with Gasteiger partial charge in [-0.1, -0.05) is 6.07 Å². The lowest BCUT2D eigenvalue weighted by molar-refractivity contribution is 0.0972. The molecule has 3 N–H and O–H groups in total. The Morgan fingerprint density at radius 2 is 1.65 bits per heavy atom. The molecule has 0 spiro atoms. The van der Waals surface area contributed by atoms with Gasteiger partial charge in [0, 0.05) is 60.9 Å². The second-order valence-corrected chi connectivity index (χ2v) is 11.1. The van der Waals surface area contributed by atoms with E-state index in [0.29, 0.717) is 51.8 Å². The molecule has 0 saturated carbocycles. The number of aliphatic hydroxyl groups is 1. The number of aromatic nitrogens is 4. The van der Waals surface area contributed by atoms with Crippen LogP contribution in [0.15, 0.2) is 79.4 Å². The van der Waals surface area contributed by atoms with Crippen LogP contribution < -0.4 is 20.3 Å². The summed E-state index contributed by atoms with van der Waals surface area (Å²) >= 11 is 0. The monoisotopic (exact) mass is 620 g/mol. The fourth-order valence-electron chi connectivity index (χ4n) is 5.47. The molecule has 1 saturated heterocycles. The zero-order valence-electron chi connectivity index (χ0n) is 25.8. The van der Waals surface area contributed by atoms with Gasteiger partial charge in [-0.3, -0.25) is 14.5 Å². The Bertz CT molecular complexity index is 1830. The number of carbonyl (C=O) groups excluding carboxylic acids is 2. The van der Waals surface area contributed by atoms with Gasteiger partial charge in [0.1, 0.15) is 12.1 Å². The number of fused-ring (bicyclic) bond motifs is 1. The number of piperazine rings is 1. The Kier molecular flexibility index (Phi) is 9.18. The Hall–Kier alpha value is -5.33. The molecule has 0 bridgehead atoms. The van der Waals surface area contributed by atoms with E-state index >= 15 is 0 Å². The van der Waals surface area contributed by atoms with E-state index in [1.54, 1.807) is 54.4 Å². The van der Waals surface area contributed by atoms with Crippen molar-refractivity contribution in [3.63, 3.8) is 0 Å². The average molecular weight is 621 g/mol. The van der Waals surface area contributed by atoms with Crippen LogP contribution in [-0.2, 0) is 6.54 Å². The van der Waals surface area contributed by atoms with Gasteiger partial charge in [0.15, 0.2) is 22.8 Å². The van der Waals surface area contributed by atoms with Crippen LogP contribution in [0.4, 0.5) is 22.9 Å². The number of ketones is 1. The van der Waals surface area contributed by atoms with Gasteiger partial charge in [0.25, 0.3) is 5.91 Å². The van der Waals surface area contributed by atoms with E-state index in [-0.39, 0.29) is 24.8 Å². The second-order valence-electron chi connectivity index (χ2n) is 11.1. The standard InChI is InChI=1S/C34H36N8O4/c1-23-3-4-25(34(45)38-26-7-9-27(10-8-26)41-15-13-40(14-16-41)17-18-43)19-29(23)39-32-31-33(36-21-35-32)42(22-37-31)20-30(44)24-5-11-28(46-2)12-6-24/h3-12,19,21-22,43H,13-18,20H2,1-2H3,(H,38,45)(H,35,36,39). The summed E-state index contributed by atoms with van der Waals surface area (Å²) in [7, 11) is 1.58. The minimum Gasteiger partial charge on any atom is -0.497 e. The van der Waals surface area contributed by atoms with Crippen LogP contribution in [0.3, 0.4) is 0 Å². The van der Waals surface area contributed by atoms with Gasteiger partial charge in [-0.25, -0.2) is 15.0 Å². The molecule has 1 fully saturated rings. The number of imidazole rings is 1. The third-order valence-corrected chi connectivity index (χ3v) is 8.16. The Labute approximate surface area is 266 Å². The second kappa shape index (κ2) is 13.8. The molecule has 3 aromatic carbocycles. The first-order valence-corrected chi connectivity index (χ1v) is 15.1. The highest BCUT2D eigenvalue weighted by Gasteiger charge is 2.18. The Morgan fingerprint density at radius 1 is 0.913 bits per heavy atom. The molecular formula is C34H36N8O4. The fraction of sp³-hybridized carbons (Fsp3) is 0.265. The van der Waals surface area contributed by atoms with Crippen LogP contribution >= 0.6 is 0 Å². The van der Waals surface area contributed by atoms with E-state index in [1.807, 2.05) is 37.3 Å². The maximum absolute atomic E-state index is 13.2. The molecule has 0 radical (unpaired) electrons. The van der Waals surface area contributed by atoms with Crippen LogP contribution in [-0.4, -0.2) is 87.7 Å². The van der Waals surface area contributed by atoms with Gasteiger partial charge >= 0.3 is 0 Å². The number of aryl methyl sites for hydroxylation is 1. The zero-order valence-corrected chi connectivity index (χ0v) is 25.8. The Balaban J connectivity index is 1.12. The van der Waals surface area contributed by atoms with E-state index in [0.717, 1.165) is 37.4 Å². The summed E-state index contributed by atoms with van der Waals surface area (Å²) in [6, 6.07) is 20.3. The molecule has 46 heavy (non-hydrogen) atoms. The highest BCUT2D eigenvalue weighted by atomic mass is 16.5. The molecule has 2 aromatic heterocycles. The normalized spacial score (nSPS) is 13.5. The number of β-amino-alcohol motifs (C(OH)–C–C–N with tert-alkyl or cyclic N) is 1. The van der Waals surface area contributed by atoms with Gasteiger partial charge in [-0.05, 0) is 73.2 Å². The molecule has 0 aliphatic carbocycles. The molecule has 1 aliphatic rings. The summed E-state index contributed by atoms with van der Waals surface area (Å²) in [5.74, 6) is 0.827. The lowest BCUT2D eigenvalue weighted by Crippen LogP contribution is -2.47. The number of ether oxygens (including phenoxy) is 1. The number of nitrogens with zero attached hydrogens (tertiary/aromatic N) is 6. The number of aliphatic hydroxyl groups excluding tert-OH is 1. The molecule has 5 aromatic rings. The smallest absolute Gasteiger partial charge is 0.255 e. The summed E-state index contributed by atoms with van der Waals surface area (Å²) in [5, 5.41) is 15.5. The number of methoxy groups -OCH3 is 1. The van der Waals surface area contributed by atoms with Crippen molar-refractivity contribution in [1.82, 2.24) is 24.4 Å². The molecule has 236 valence electrons. The summed E-state index contributed by atoms with van der Waals surface area (Å²) < 4.78 is 6.87. The minimum absolute atomic E-state index is 0.0657. The van der Waals surface area contributed by atoms with Crippen molar-refractivity contribution in [2.24, 2.45) is 0 Å². The fourth-order valence-corrected chi connectivity index (χ4v) is 5.47. The van der Waals surface area contributed by atoms with E-state index < -0.39 is 0 Å². The summed E-state index contributed by atoms with van der Waals surface area (Å²) in [5.41, 5.74) is 5.49. The van der Waals surface area contributed by atoms with Crippen LogP contribution in [0, 0.1) is 6.92 Å². The van der Waals surface area contributed by atoms with E-state index in [4.69, 9.17) is 4.74 Å². The topological polar surface area (TPSA) is 138 Å². The number of anilines is 4. The van der Waals surface area contributed by atoms with Crippen LogP contribution in [0.25, 0.3) is 11.2 Å². The highest BCUT2D eigenvalue weighted by Crippen LogP contribution is 2.26. The number of nitrogens with one attached hydrogen (secondary N) is 2. The SMILES string of the molecule is COc1ccc(C(=O)Cn2cnc3c(Nc4cc(C(=O)Nc5ccc(N6CCN(CCO)CC6)cc5)ccc4C)ncnc32)cc1. The van der Waals surface area contributed by atoms with Crippen molar-refractivity contribution in [2.45, 2.75) is 13.5 Å². The van der Waals surface area contributed by atoms with Crippen molar-refractivity contribution in [2.75, 3.05) is 62.0 Å². The highest BCUT2D eigenvalue weighted by molar-refractivity contribution is 6.05. The lowest BCUT2D eigenvalue weighted by Gasteiger charge is -2.35. The number of hydrogen-bond acceptors (Lipinski definition) is 10. The summed E-state index contributed by atoms with van der Waals surface area (Å²) in [6.07, 6.45) is 3.00. The predicted molar refractivity (Wildman–Crippen MR) is 177 cm³/mol. The molecule has 0 unspecified atom stereocenters. The average Bonchev–Trinajstić information content (AvgIpc) is 3.50. The van der Waals surface area contributed by atoms with Crippen LogP contribution in [0.5, 0.6) is 5.75 Å². The number of benzene rings is 3. The number of hydrogen-bond donors (Lipinski definition) is 3. The third kappa shape index (κ3) is 6.82. The number of Topliss-reactive ketones (excluding diaryl/α,β-unsaturated/α-hetero) is 1. The predicted octanol–water partition coefficient (Wildman–Crippen LogP) is 4.14. The minimum atomic E-state index is -0.234.